The van der Waals surface area contributed by atoms with Gasteiger partial charge in [-0.2, -0.15) is 0 Å². The van der Waals surface area contributed by atoms with Gasteiger partial charge in [0.05, 0.1) is 12.5 Å². The van der Waals surface area contributed by atoms with E-state index in [0.29, 0.717) is 12.1 Å². The SMILES string of the molecule is CC1Cc2ccccc2CN1C(=O)CC(O)c1cccc(F)c1. The number of carbonyl (C=O) groups is 1. The highest BCUT2D eigenvalue weighted by molar-refractivity contribution is 5.77. The molecule has 2 atom stereocenters. The molecule has 1 aliphatic rings. The summed E-state index contributed by atoms with van der Waals surface area (Å²) >= 11 is 0. The number of hydrogen-bond acceptors (Lipinski definition) is 2. The topological polar surface area (TPSA) is 40.5 Å². The molecule has 3 nitrogen and oxygen atoms in total. The molecule has 0 fully saturated rings. The molecular weight excluding hydrogens is 293 g/mol. The summed E-state index contributed by atoms with van der Waals surface area (Å²) in [5, 5.41) is 10.2. The van der Waals surface area contributed by atoms with Crippen LogP contribution in [-0.4, -0.2) is 22.0 Å². The van der Waals surface area contributed by atoms with Crippen LogP contribution in [0.3, 0.4) is 0 Å². The number of nitrogens with zero attached hydrogens (tertiary/aromatic N) is 1. The predicted octanol–water partition coefficient (Wildman–Crippen LogP) is 3.22. The van der Waals surface area contributed by atoms with Crippen LogP contribution in [0.4, 0.5) is 4.39 Å². The quantitative estimate of drug-likeness (QED) is 0.945. The van der Waals surface area contributed by atoms with Gasteiger partial charge in [0, 0.05) is 12.6 Å². The first-order chi connectivity index (χ1) is 11.0. The van der Waals surface area contributed by atoms with Crippen molar-refractivity contribution in [2.24, 2.45) is 0 Å². The highest BCUT2D eigenvalue weighted by atomic mass is 19.1. The molecule has 2 unspecified atom stereocenters. The van der Waals surface area contributed by atoms with Gasteiger partial charge in [-0.1, -0.05) is 36.4 Å². The molecule has 2 aromatic rings. The zero-order chi connectivity index (χ0) is 16.4. The van der Waals surface area contributed by atoms with Gasteiger partial charge in [-0.15, -0.1) is 0 Å². The predicted molar refractivity (Wildman–Crippen MR) is 86.1 cm³/mol. The molecule has 120 valence electrons. The zero-order valence-corrected chi connectivity index (χ0v) is 13.1. The van der Waals surface area contributed by atoms with Crippen molar-refractivity contribution in [1.29, 1.82) is 0 Å². The molecule has 0 aliphatic carbocycles. The summed E-state index contributed by atoms with van der Waals surface area (Å²) in [6.07, 6.45) is -0.198. The Balaban J connectivity index is 1.71. The minimum atomic E-state index is -0.984. The van der Waals surface area contributed by atoms with Crippen LogP contribution in [-0.2, 0) is 17.8 Å². The second-order valence-corrected chi connectivity index (χ2v) is 6.12. The second kappa shape index (κ2) is 6.50. The van der Waals surface area contributed by atoms with Crippen molar-refractivity contribution in [2.75, 3.05) is 0 Å². The lowest BCUT2D eigenvalue weighted by Crippen LogP contribution is -2.43. The Kier molecular flexibility index (Phi) is 4.44. The van der Waals surface area contributed by atoms with Gasteiger partial charge in [-0.05, 0) is 42.2 Å². The van der Waals surface area contributed by atoms with E-state index in [-0.39, 0.29) is 18.4 Å². The van der Waals surface area contributed by atoms with E-state index in [9.17, 15) is 14.3 Å². The van der Waals surface area contributed by atoms with E-state index >= 15 is 0 Å². The number of aliphatic hydroxyl groups is 1. The molecule has 1 aliphatic heterocycles. The van der Waals surface area contributed by atoms with Crippen LogP contribution in [0.1, 0.15) is 36.1 Å². The molecule has 2 aromatic carbocycles. The second-order valence-electron chi connectivity index (χ2n) is 6.12. The first kappa shape index (κ1) is 15.7. The monoisotopic (exact) mass is 313 g/mol. The van der Waals surface area contributed by atoms with Crippen molar-refractivity contribution >= 4 is 5.91 Å². The van der Waals surface area contributed by atoms with Gasteiger partial charge in [-0.3, -0.25) is 4.79 Å². The Morgan fingerprint density at radius 2 is 2.00 bits per heavy atom. The molecule has 0 radical (unpaired) electrons. The largest absolute Gasteiger partial charge is 0.388 e. The maximum absolute atomic E-state index is 13.2. The lowest BCUT2D eigenvalue weighted by molar-refractivity contribution is -0.136. The van der Waals surface area contributed by atoms with Gasteiger partial charge >= 0.3 is 0 Å². The van der Waals surface area contributed by atoms with Crippen LogP contribution in [0.25, 0.3) is 0 Å². The summed E-state index contributed by atoms with van der Waals surface area (Å²) in [6.45, 7) is 2.58. The van der Waals surface area contributed by atoms with Crippen molar-refractivity contribution < 1.29 is 14.3 Å². The fraction of sp³-hybridized carbons (Fsp3) is 0.316. The van der Waals surface area contributed by atoms with E-state index in [0.717, 1.165) is 12.0 Å². The lowest BCUT2D eigenvalue weighted by Gasteiger charge is -2.35. The lowest BCUT2D eigenvalue weighted by atomic mass is 9.94. The fourth-order valence-electron chi connectivity index (χ4n) is 3.13. The fourth-order valence-corrected chi connectivity index (χ4v) is 3.13. The van der Waals surface area contributed by atoms with Crippen molar-refractivity contribution in [3.63, 3.8) is 0 Å². The van der Waals surface area contributed by atoms with E-state index < -0.39 is 11.9 Å². The zero-order valence-electron chi connectivity index (χ0n) is 13.1. The maximum Gasteiger partial charge on any atom is 0.226 e. The smallest absolute Gasteiger partial charge is 0.226 e. The Labute approximate surface area is 135 Å². The number of fused-ring (bicyclic) bond motifs is 1. The third kappa shape index (κ3) is 3.42. The van der Waals surface area contributed by atoms with Crippen LogP contribution >= 0.6 is 0 Å². The minimum absolute atomic E-state index is 0.0318. The Hall–Kier alpha value is -2.20. The molecule has 3 rings (SSSR count). The number of rotatable bonds is 3. The first-order valence-corrected chi connectivity index (χ1v) is 7.84. The molecule has 0 saturated heterocycles. The van der Waals surface area contributed by atoms with Crippen molar-refractivity contribution in [3.8, 4) is 0 Å². The Morgan fingerprint density at radius 1 is 1.26 bits per heavy atom. The maximum atomic E-state index is 13.2. The van der Waals surface area contributed by atoms with Crippen molar-refractivity contribution in [2.45, 2.75) is 38.5 Å². The third-order valence-corrected chi connectivity index (χ3v) is 4.43. The molecular formula is C19H20FNO2. The van der Waals surface area contributed by atoms with Crippen molar-refractivity contribution in [1.82, 2.24) is 4.90 Å². The summed E-state index contributed by atoms with van der Waals surface area (Å²) in [7, 11) is 0. The van der Waals surface area contributed by atoms with E-state index in [1.807, 2.05) is 25.1 Å². The van der Waals surface area contributed by atoms with E-state index in [4.69, 9.17) is 0 Å². The number of benzene rings is 2. The summed E-state index contributed by atoms with van der Waals surface area (Å²) in [5.41, 5.74) is 2.86. The third-order valence-electron chi connectivity index (χ3n) is 4.43. The average Bonchev–Trinajstić information content (AvgIpc) is 2.54. The number of aliphatic hydroxyl groups excluding tert-OH is 1. The number of carbonyl (C=O) groups excluding carboxylic acids is 1. The highest BCUT2D eigenvalue weighted by Gasteiger charge is 2.28. The molecule has 0 saturated carbocycles. The molecule has 1 N–H and O–H groups in total. The number of halogens is 1. The van der Waals surface area contributed by atoms with Crippen LogP contribution in [0.5, 0.6) is 0 Å². The van der Waals surface area contributed by atoms with E-state index in [1.54, 1.807) is 11.0 Å². The molecule has 1 amide bonds. The molecule has 23 heavy (non-hydrogen) atoms. The minimum Gasteiger partial charge on any atom is -0.388 e. The first-order valence-electron chi connectivity index (χ1n) is 7.84. The Morgan fingerprint density at radius 3 is 2.74 bits per heavy atom. The standard InChI is InChI=1S/C19H20FNO2/c1-13-9-14-5-2-3-6-16(14)12-21(13)19(23)11-18(22)15-7-4-8-17(20)10-15/h2-8,10,13,18,22H,9,11-12H2,1H3. The normalized spacial score (nSPS) is 18.4. The summed E-state index contributed by atoms with van der Waals surface area (Å²) < 4.78 is 13.2. The molecule has 4 heteroatoms. The highest BCUT2D eigenvalue weighted by Crippen LogP contribution is 2.26. The van der Waals surface area contributed by atoms with Crippen LogP contribution in [0, 0.1) is 5.82 Å². The van der Waals surface area contributed by atoms with Gasteiger partial charge < -0.3 is 10.0 Å². The van der Waals surface area contributed by atoms with Crippen LogP contribution < -0.4 is 0 Å². The molecule has 1 heterocycles. The van der Waals surface area contributed by atoms with Gasteiger partial charge in [0.2, 0.25) is 5.91 Å². The molecule has 0 aromatic heterocycles. The van der Waals surface area contributed by atoms with Gasteiger partial charge in [-0.25, -0.2) is 4.39 Å². The Bertz CT molecular complexity index is 716. The van der Waals surface area contributed by atoms with Crippen LogP contribution in [0.15, 0.2) is 48.5 Å². The summed E-state index contributed by atoms with van der Waals surface area (Å²) in [4.78, 5) is 14.4. The molecule has 0 bridgehead atoms. The van der Waals surface area contributed by atoms with E-state index in [2.05, 4.69) is 6.07 Å². The summed E-state index contributed by atoms with van der Waals surface area (Å²) in [5.74, 6) is -0.516. The number of amides is 1. The summed E-state index contributed by atoms with van der Waals surface area (Å²) in [6, 6.07) is 14.0. The van der Waals surface area contributed by atoms with Gasteiger partial charge in [0.1, 0.15) is 5.82 Å². The van der Waals surface area contributed by atoms with E-state index in [1.165, 1.54) is 23.8 Å². The average molecular weight is 313 g/mol. The van der Waals surface area contributed by atoms with Crippen LogP contribution in [0.2, 0.25) is 0 Å². The van der Waals surface area contributed by atoms with Gasteiger partial charge in [0.15, 0.2) is 0 Å². The van der Waals surface area contributed by atoms with Crippen molar-refractivity contribution in [3.05, 3.63) is 71.0 Å². The van der Waals surface area contributed by atoms with Gasteiger partial charge in [0.25, 0.3) is 0 Å². The molecule has 0 spiro atoms. The number of hydrogen-bond donors (Lipinski definition) is 1.